The van der Waals surface area contributed by atoms with Crippen molar-refractivity contribution >= 4 is 15.7 Å². The summed E-state index contributed by atoms with van der Waals surface area (Å²) in [5.41, 5.74) is 0. The highest BCUT2D eigenvalue weighted by atomic mass is 28.2. The smallest absolute Gasteiger partial charge is 0.330 e. The lowest BCUT2D eigenvalue weighted by atomic mass is 10.6. The molecular weight excluding hydrogens is 160 g/mol. The molecule has 0 fully saturated rings. The largest absolute Gasteiger partial charge is 0.460 e. The van der Waals surface area contributed by atoms with Gasteiger partial charge in [0.15, 0.2) is 9.76 Å². The first-order valence-electron chi connectivity index (χ1n) is 3.68. The van der Waals surface area contributed by atoms with Crippen LogP contribution in [0.15, 0.2) is 12.7 Å². The summed E-state index contributed by atoms with van der Waals surface area (Å²) in [5.74, 6) is -0.383. The predicted molar refractivity (Wildman–Crippen MR) is 46.1 cm³/mol. The lowest BCUT2D eigenvalue weighted by molar-refractivity contribution is -0.138. The highest BCUT2D eigenvalue weighted by Gasteiger charge is 1.93. The fraction of sp³-hybridized carbons (Fsp3) is 0.571. The zero-order chi connectivity index (χ0) is 8.53. The topological polar surface area (TPSA) is 35.5 Å². The van der Waals surface area contributed by atoms with Crippen LogP contribution in [0, 0.1) is 0 Å². The molecule has 0 aromatic rings. The van der Waals surface area contributed by atoms with Crippen molar-refractivity contribution in [1.29, 1.82) is 0 Å². The number of hydrogen-bond donors (Lipinski definition) is 0. The Balaban J connectivity index is 3.01. The zero-order valence-corrected chi connectivity index (χ0v) is 8.25. The second-order valence-corrected chi connectivity index (χ2v) is 3.80. The fourth-order valence-corrected chi connectivity index (χ4v) is 1.12. The third kappa shape index (κ3) is 7.28. The van der Waals surface area contributed by atoms with Gasteiger partial charge in [0.1, 0.15) is 6.61 Å². The molecule has 0 aliphatic rings. The van der Waals surface area contributed by atoms with Gasteiger partial charge in [0.05, 0.1) is 6.61 Å². The number of rotatable bonds is 6. The monoisotopic (exact) mass is 174 g/mol. The number of ether oxygens (including phenoxy) is 1. The van der Waals surface area contributed by atoms with Crippen LogP contribution in [0.4, 0.5) is 0 Å². The van der Waals surface area contributed by atoms with Gasteiger partial charge in [0.2, 0.25) is 0 Å². The molecule has 0 aromatic carbocycles. The van der Waals surface area contributed by atoms with E-state index >= 15 is 0 Å². The van der Waals surface area contributed by atoms with Gasteiger partial charge in [0.25, 0.3) is 0 Å². The van der Waals surface area contributed by atoms with Crippen LogP contribution >= 0.6 is 0 Å². The Hall–Kier alpha value is -0.613. The maximum Gasteiger partial charge on any atom is 0.330 e. The number of carbonyl (C=O) groups is 1. The highest BCUT2D eigenvalue weighted by Crippen LogP contribution is 1.81. The van der Waals surface area contributed by atoms with Crippen molar-refractivity contribution in [2.75, 3.05) is 13.2 Å². The van der Waals surface area contributed by atoms with E-state index in [1.807, 2.05) is 0 Å². The van der Waals surface area contributed by atoms with Crippen molar-refractivity contribution < 1.29 is 14.0 Å². The molecule has 64 valence electrons. The molecule has 4 heteroatoms. The van der Waals surface area contributed by atoms with Gasteiger partial charge in [-0.2, -0.15) is 0 Å². The molecule has 0 atom stereocenters. The van der Waals surface area contributed by atoms with E-state index in [0.717, 1.165) is 12.1 Å². The summed E-state index contributed by atoms with van der Waals surface area (Å²) in [5, 5.41) is 0. The molecule has 0 spiro atoms. The fourth-order valence-electron chi connectivity index (χ4n) is 0.507. The van der Waals surface area contributed by atoms with E-state index in [0.29, 0.717) is 13.2 Å². The molecular formula is C7H14O3Si. The Bertz CT molecular complexity index is 125. The maximum atomic E-state index is 10.5. The number of carbonyl (C=O) groups excluding carboxylic acids is 1. The molecule has 0 aliphatic carbocycles. The minimum absolute atomic E-state index is 0.345. The SMILES string of the molecule is C=CC(=O)OCCO[SiH2]CC. The van der Waals surface area contributed by atoms with Crippen molar-refractivity contribution in [3.8, 4) is 0 Å². The van der Waals surface area contributed by atoms with E-state index < -0.39 is 0 Å². The normalized spacial score (nSPS) is 10.3. The van der Waals surface area contributed by atoms with Gasteiger partial charge in [0, 0.05) is 6.08 Å². The molecule has 11 heavy (non-hydrogen) atoms. The molecule has 0 saturated heterocycles. The van der Waals surface area contributed by atoms with Gasteiger partial charge in [-0.15, -0.1) is 0 Å². The van der Waals surface area contributed by atoms with E-state index in [1.54, 1.807) is 0 Å². The molecule has 0 amide bonds. The lowest BCUT2D eigenvalue weighted by Gasteiger charge is -2.01. The van der Waals surface area contributed by atoms with E-state index in [9.17, 15) is 4.79 Å². The minimum Gasteiger partial charge on any atom is -0.460 e. The average molecular weight is 174 g/mol. The highest BCUT2D eigenvalue weighted by molar-refractivity contribution is 6.26. The summed E-state index contributed by atoms with van der Waals surface area (Å²) < 4.78 is 9.88. The van der Waals surface area contributed by atoms with Gasteiger partial charge in [-0.25, -0.2) is 4.79 Å². The summed E-state index contributed by atoms with van der Waals surface area (Å²) in [6.07, 6.45) is 1.15. The quantitative estimate of drug-likeness (QED) is 0.251. The molecule has 0 heterocycles. The van der Waals surface area contributed by atoms with Crippen LogP contribution in [-0.4, -0.2) is 28.9 Å². The Morgan fingerprint density at radius 1 is 1.64 bits per heavy atom. The lowest BCUT2D eigenvalue weighted by Crippen LogP contribution is -2.09. The Labute approximate surface area is 69.3 Å². The summed E-state index contributed by atoms with van der Waals surface area (Å²) in [4.78, 5) is 10.5. The third-order valence-corrected chi connectivity index (χ3v) is 1.97. The maximum absolute atomic E-state index is 10.5. The first-order valence-corrected chi connectivity index (χ1v) is 5.26. The first kappa shape index (κ1) is 10.4. The van der Waals surface area contributed by atoms with Crippen molar-refractivity contribution in [3.05, 3.63) is 12.7 Å². The second-order valence-electron chi connectivity index (χ2n) is 1.98. The summed E-state index contributed by atoms with van der Waals surface area (Å²) in [7, 11) is -0.347. The van der Waals surface area contributed by atoms with E-state index in [-0.39, 0.29) is 15.7 Å². The summed E-state index contributed by atoms with van der Waals surface area (Å²) in [6.45, 7) is 6.23. The molecule has 0 bridgehead atoms. The van der Waals surface area contributed by atoms with Gasteiger partial charge in [-0.3, -0.25) is 0 Å². The Morgan fingerprint density at radius 2 is 2.36 bits per heavy atom. The van der Waals surface area contributed by atoms with Crippen LogP contribution in [0.2, 0.25) is 6.04 Å². The van der Waals surface area contributed by atoms with Gasteiger partial charge >= 0.3 is 5.97 Å². The first-order chi connectivity index (χ1) is 5.31. The molecule has 0 aromatic heterocycles. The van der Waals surface area contributed by atoms with E-state index in [1.165, 1.54) is 0 Å². The van der Waals surface area contributed by atoms with Gasteiger partial charge in [-0.05, 0) is 6.04 Å². The predicted octanol–water partition coefficient (Wildman–Crippen LogP) is 0.254. The van der Waals surface area contributed by atoms with Crippen LogP contribution in [0.25, 0.3) is 0 Å². The van der Waals surface area contributed by atoms with Crippen molar-refractivity contribution in [3.63, 3.8) is 0 Å². The summed E-state index contributed by atoms with van der Waals surface area (Å²) in [6, 6.07) is 1.12. The van der Waals surface area contributed by atoms with Crippen LogP contribution in [0.5, 0.6) is 0 Å². The molecule has 0 N–H and O–H groups in total. The van der Waals surface area contributed by atoms with E-state index in [4.69, 9.17) is 4.43 Å². The van der Waals surface area contributed by atoms with Crippen LogP contribution in [0.3, 0.4) is 0 Å². The second kappa shape index (κ2) is 7.49. The minimum atomic E-state index is -0.383. The molecule has 0 aliphatic heterocycles. The molecule has 0 rings (SSSR count). The summed E-state index contributed by atoms with van der Waals surface area (Å²) >= 11 is 0. The van der Waals surface area contributed by atoms with Crippen LogP contribution < -0.4 is 0 Å². The van der Waals surface area contributed by atoms with Crippen molar-refractivity contribution in [2.24, 2.45) is 0 Å². The molecule has 0 saturated carbocycles. The van der Waals surface area contributed by atoms with Crippen molar-refractivity contribution in [1.82, 2.24) is 0 Å². The third-order valence-electron chi connectivity index (χ3n) is 0.987. The molecule has 0 unspecified atom stereocenters. The Kier molecular flexibility index (Phi) is 7.08. The van der Waals surface area contributed by atoms with Crippen molar-refractivity contribution in [2.45, 2.75) is 13.0 Å². The average Bonchev–Trinajstić information content (AvgIpc) is 2.04. The standard InChI is InChI=1S/C7H14O3Si/c1-3-7(8)9-5-6-10-11-4-2/h3H,1,4-6,11H2,2H3. The molecule has 0 radical (unpaired) electrons. The van der Waals surface area contributed by atoms with Gasteiger partial charge in [-0.1, -0.05) is 13.5 Å². The van der Waals surface area contributed by atoms with Crippen LogP contribution in [0.1, 0.15) is 6.92 Å². The Morgan fingerprint density at radius 3 is 2.91 bits per heavy atom. The van der Waals surface area contributed by atoms with Crippen LogP contribution in [-0.2, 0) is 14.0 Å². The molecule has 3 nitrogen and oxygen atoms in total. The van der Waals surface area contributed by atoms with E-state index in [2.05, 4.69) is 18.2 Å². The number of hydrogen-bond acceptors (Lipinski definition) is 3. The zero-order valence-electron chi connectivity index (χ0n) is 6.84. The number of esters is 1. The van der Waals surface area contributed by atoms with Gasteiger partial charge < -0.3 is 9.16 Å².